The molecule has 8 nitrogen and oxygen atoms in total. The van der Waals surface area contributed by atoms with Gasteiger partial charge in [-0.15, -0.1) is 13.2 Å². The maximum Gasteiger partial charge on any atom is 0.573 e. The average Bonchev–Trinajstić information content (AvgIpc) is 3.25. The summed E-state index contributed by atoms with van der Waals surface area (Å²) < 4.78 is 90.7. The predicted molar refractivity (Wildman–Crippen MR) is 124 cm³/mol. The highest BCUT2D eigenvalue weighted by Gasteiger charge is 2.47. The molecule has 2 aliphatic rings. The lowest BCUT2D eigenvalue weighted by atomic mass is 9.80. The summed E-state index contributed by atoms with van der Waals surface area (Å²) in [5.41, 5.74) is 7.51. The van der Waals surface area contributed by atoms with Gasteiger partial charge in [-0.05, 0) is 53.6 Å². The summed E-state index contributed by atoms with van der Waals surface area (Å²) in [6.07, 6.45) is -9.86. The van der Waals surface area contributed by atoms with Gasteiger partial charge in [-0.1, -0.05) is 18.2 Å². The third kappa shape index (κ3) is 5.78. The smallest absolute Gasteiger partial charge is 0.497 e. The van der Waals surface area contributed by atoms with Gasteiger partial charge in [0.15, 0.2) is 5.54 Å². The Morgan fingerprint density at radius 3 is 2.13 bits per heavy atom. The number of nitrogens with two attached hydrogens (primary N) is 1. The van der Waals surface area contributed by atoms with Gasteiger partial charge in [0, 0.05) is 11.1 Å². The van der Waals surface area contributed by atoms with Crippen LogP contribution in [0.2, 0.25) is 0 Å². The number of benzene rings is 3. The number of carbonyl (C=O) groups is 1. The summed E-state index contributed by atoms with van der Waals surface area (Å²) >= 11 is 0. The Morgan fingerprint density at radius 1 is 0.949 bits per heavy atom. The number of carboxylic acids is 1. The molecule has 0 fully saturated rings. The van der Waals surface area contributed by atoms with Gasteiger partial charge in [0.2, 0.25) is 0 Å². The van der Waals surface area contributed by atoms with Gasteiger partial charge in [-0.25, -0.2) is 9.79 Å². The van der Waals surface area contributed by atoms with E-state index >= 15 is 0 Å². The number of hydrogen-bond donors (Lipinski definition) is 2. The van der Waals surface area contributed by atoms with Crippen LogP contribution in [0, 0.1) is 0 Å². The fourth-order valence-corrected chi connectivity index (χ4v) is 4.01. The van der Waals surface area contributed by atoms with Crippen molar-refractivity contribution in [1.29, 1.82) is 0 Å². The highest BCUT2D eigenvalue weighted by atomic mass is 19.4. The summed E-state index contributed by atoms with van der Waals surface area (Å²) in [4.78, 5) is 13.5. The molecule has 2 heterocycles. The molecule has 0 aromatic heterocycles. The molecule has 0 saturated carbocycles. The first-order valence-corrected chi connectivity index (χ1v) is 10.9. The molecular formula is C25H18F6N2O6. The zero-order valence-corrected chi connectivity index (χ0v) is 19.8. The van der Waals surface area contributed by atoms with E-state index in [4.69, 9.17) is 29.8 Å². The molecule has 1 spiro atoms. The SMILES string of the molecule is COc1ccc2c(c1)C1(COC(N)=N1)c1cc(-c3cccc(OC(F)(F)F)c3)ccc1O2.O=C(O)C(F)(F)F. The van der Waals surface area contributed by atoms with Crippen molar-refractivity contribution in [2.24, 2.45) is 10.7 Å². The summed E-state index contributed by atoms with van der Waals surface area (Å²) in [7, 11) is 1.56. The number of rotatable bonds is 3. The topological polar surface area (TPSA) is 113 Å². The molecule has 0 aliphatic carbocycles. The Morgan fingerprint density at radius 2 is 1.56 bits per heavy atom. The van der Waals surface area contributed by atoms with Gasteiger partial charge < -0.3 is 29.8 Å². The monoisotopic (exact) mass is 556 g/mol. The Bertz CT molecular complexity index is 1440. The Hall–Kier alpha value is -4.62. The van der Waals surface area contributed by atoms with Crippen molar-refractivity contribution in [3.63, 3.8) is 0 Å². The number of ether oxygens (including phenoxy) is 4. The van der Waals surface area contributed by atoms with Gasteiger partial charge in [0.25, 0.3) is 6.02 Å². The van der Waals surface area contributed by atoms with E-state index in [-0.39, 0.29) is 18.4 Å². The summed E-state index contributed by atoms with van der Waals surface area (Å²) in [6, 6.07) is 16.5. The lowest BCUT2D eigenvalue weighted by Gasteiger charge is -2.34. The van der Waals surface area contributed by atoms with Crippen LogP contribution in [0.4, 0.5) is 26.3 Å². The molecule has 206 valence electrons. The van der Waals surface area contributed by atoms with Gasteiger partial charge in [0.05, 0.1) is 7.11 Å². The van der Waals surface area contributed by atoms with Crippen molar-refractivity contribution in [3.05, 3.63) is 71.8 Å². The number of aliphatic carboxylic acids is 1. The van der Waals surface area contributed by atoms with E-state index in [2.05, 4.69) is 9.73 Å². The quantitative estimate of drug-likeness (QED) is 0.405. The highest BCUT2D eigenvalue weighted by molar-refractivity contribution is 5.78. The van der Waals surface area contributed by atoms with Crippen LogP contribution in [0.1, 0.15) is 11.1 Å². The van der Waals surface area contributed by atoms with Crippen LogP contribution in [0.5, 0.6) is 23.0 Å². The molecule has 39 heavy (non-hydrogen) atoms. The van der Waals surface area contributed by atoms with Gasteiger partial charge in [-0.2, -0.15) is 13.2 Å². The molecule has 3 N–H and O–H groups in total. The third-order valence-electron chi connectivity index (χ3n) is 5.65. The van der Waals surface area contributed by atoms with Gasteiger partial charge in [0.1, 0.15) is 29.6 Å². The van der Waals surface area contributed by atoms with Crippen molar-refractivity contribution < 1.29 is 55.2 Å². The standard InChI is InChI=1S/C23H17F3N2O4.C2HF3O2/c1-29-15-6-8-20-18(11-15)22(12-30-21(27)28-22)17-10-14(5-7-19(17)31-20)13-3-2-4-16(9-13)32-23(24,25)26;3-2(4,5)1(6)7/h2-11H,12H2,1H3,(H2,27,28);(H,6,7). The minimum atomic E-state index is -5.08. The highest BCUT2D eigenvalue weighted by Crippen LogP contribution is 2.52. The zero-order valence-electron chi connectivity index (χ0n) is 19.8. The second-order valence-electron chi connectivity index (χ2n) is 8.15. The molecule has 0 bridgehead atoms. The van der Waals surface area contributed by atoms with Crippen LogP contribution >= 0.6 is 0 Å². The molecule has 14 heteroatoms. The van der Waals surface area contributed by atoms with Gasteiger partial charge in [-0.3, -0.25) is 0 Å². The first kappa shape index (κ1) is 27.4. The van der Waals surface area contributed by atoms with E-state index in [1.165, 1.54) is 18.2 Å². The number of fused-ring (bicyclic) bond motifs is 4. The molecule has 5 rings (SSSR count). The molecule has 0 amide bonds. The molecular weight excluding hydrogens is 538 g/mol. The fourth-order valence-electron chi connectivity index (χ4n) is 4.01. The summed E-state index contributed by atoms with van der Waals surface area (Å²) in [5.74, 6) is -1.30. The number of alkyl halides is 6. The minimum Gasteiger partial charge on any atom is -0.497 e. The molecule has 0 radical (unpaired) electrons. The van der Waals surface area contributed by atoms with E-state index in [0.29, 0.717) is 33.9 Å². The predicted octanol–water partition coefficient (Wildman–Crippen LogP) is 5.59. The number of nitrogens with zero attached hydrogens (tertiary/aromatic N) is 1. The van der Waals surface area contributed by atoms with Crippen molar-refractivity contribution in [3.8, 4) is 34.1 Å². The van der Waals surface area contributed by atoms with Crippen LogP contribution in [0.3, 0.4) is 0 Å². The average molecular weight is 556 g/mol. The number of amidine groups is 1. The van der Waals surface area contributed by atoms with Crippen LogP contribution in [-0.2, 0) is 15.1 Å². The van der Waals surface area contributed by atoms with Crippen LogP contribution in [0.25, 0.3) is 11.1 Å². The normalized spacial score (nSPS) is 17.5. The molecule has 2 aliphatic heterocycles. The Balaban J connectivity index is 0.000000448. The summed E-state index contributed by atoms with van der Waals surface area (Å²) in [6.45, 7) is 0.149. The van der Waals surface area contributed by atoms with Crippen LogP contribution < -0.4 is 19.9 Å². The molecule has 1 unspecified atom stereocenters. The molecule has 3 aromatic carbocycles. The van der Waals surface area contributed by atoms with Crippen molar-refractivity contribution in [1.82, 2.24) is 0 Å². The Labute approximate surface area is 216 Å². The lowest BCUT2D eigenvalue weighted by molar-refractivity contribution is -0.274. The molecule has 3 aromatic rings. The van der Waals surface area contributed by atoms with Crippen LogP contribution in [0.15, 0.2) is 65.7 Å². The van der Waals surface area contributed by atoms with E-state index in [1.807, 2.05) is 12.1 Å². The van der Waals surface area contributed by atoms with Crippen molar-refractivity contribution in [2.75, 3.05) is 13.7 Å². The first-order valence-electron chi connectivity index (χ1n) is 10.9. The molecule has 1 atom stereocenters. The van der Waals surface area contributed by atoms with E-state index in [0.717, 1.165) is 5.56 Å². The van der Waals surface area contributed by atoms with Gasteiger partial charge >= 0.3 is 18.5 Å². The largest absolute Gasteiger partial charge is 0.573 e. The van der Waals surface area contributed by atoms with Crippen molar-refractivity contribution >= 4 is 12.0 Å². The van der Waals surface area contributed by atoms with E-state index < -0.39 is 24.0 Å². The third-order valence-corrected chi connectivity index (χ3v) is 5.65. The van der Waals surface area contributed by atoms with Crippen molar-refractivity contribution in [2.45, 2.75) is 18.1 Å². The van der Waals surface area contributed by atoms with E-state index in [9.17, 15) is 26.3 Å². The minimum absolute atomic E-state index is 0.0394. The maximum atomic E-state index is 12.7. The van der Waals surface area contributed by atoms with Crippen LogP contribution in [-0.4, -0.2) is 43.4 Å². The lowest BCUT2D eigenvalue weighted by Crippen LogP contribution is -2.31. The first-order chi connectivity index (χ1) is 18.2. The number of aliphatic imine (C=N–C) groups is 1. The maximum absolute atomic E-state index is 12.7. The van der Waals surface area contributed by atoms with E-state index in [1.54, 1.807) is 37.4 Å². The second kappa shape index (κ2) is 9.93. The fraction of sp³-hybridized carbons (Fsp3) is 0.200. The number of methoxy groups -OCH3 is 1. The second-order valence-corrected chi connectivity index (χ2v) is 8.15. The summed E-state index contributed by atoms with van der Waals surface area (Å²) in [5, 5.41) is 7.12. The zero-order chi connectivity index (χ0) is 28.6. The number of hydrogen-bond acceptors (Lipinski definition) is 7. The number of halogens is 6. The Kier molecular flexibility index (Phi) is 6.98. The molecule has 0 saturated heterocycles. The number of carboxylic acid groups (broad SMARTS) is 1.